The summed E-state index contributed by atoms with van der Waals surface area (Å²) in [7, 11) is 1.68. The summed E-state index contributed by atoms with van der Waals surface area (Å²) in [5.41, 5.74) is 1.21. The number of piperidine rings is 1. The van der Waals surface area contributed by atoms with Crippen LogP contribution in [-0.4, -0.2) is 63.5 Å². The number of methoxy groups -OCH3 is 1. The molecule has 9 heteroatoms. The lowest BCUT2D eigenvalue weighted by Crippen LogP contribution is -2.41. The van der Waals surface area contributed by atoms with Crippen molar-refractivity contribution in [2.75, 3.05) is 32.5 Å². The van der Waals surface area contributed by atoms with Crippen LogP contribution in [0.1, 0.15) is 49.8 Å². The van der Waals surface area contributed by atoms with Gasteiger partial charge in [0.2, 0.25) is 11.1 Å². The van der Waals surface area contributed by atoms with E-state index in [0.29, 0.717) is 18.3 Å². The van der Waals surface area contributed by atoms with Gasteiger partial charge in [0.25, 0.3) is 0 Å². The van der Waals surface area contributed by atoms with E-state index in [0.717, 1.165) is 36.8 Å². The minimum absolute atomic E-state index is 0.0101. The van der Waals surface area contributed by atoms with Gasteiger partial charge in [0.1, 0.15) is 5.75 Å². The summed E-state index contributed by atoms with van der Waals surface area (Å²) >= 11 is 1.40. The van der Waals surface area contributed by atoms with Crippen molar-refractivity contribution in [1.29, 1.82) is 0 Å². The standard InChI is InChI=1S/C20H28N6O2S/c1-28-17-9-5-15(6-10-17)18(25-11-3-2-4-12-25)13-21-19(27)14-29-20-22-23-24-26(20)16-7-8-16/h5-6,9-10,16,18H,2-4,7-8,11-14H2,1H3,(H,21,27). The normalized spacial score (nSPS) is 18.4. The molecular formula is C20H28N6O2S. The quantitative estimate of drug-likeness (QED) is 0.629. The number of hydrogen-bond donors (Lipinski definition) is 1. The van der Waals surface area contributed by atoms with Gasteiger partial charge in [-0.2, -0.15) is 0 Å². The fraction of sp³-hybridized carbons (Fsp3) is 0.600. The molecule has 1 amide bonds. The van der Waals surface area contributed by atoms with Crippen molar-refractivity contribution in [1.82, 2.24) is 30.4 Å². The number of benzene rings is 1. The van der Waals surface area contributed by atoms with Crippen LogP contribution in [0.4, 0.5) is 0 Å². The number of carbonyl (C=O) groups is 1. The molecule has 2 aliphatic rings. The third kappa shape index (κ3) is 5.27. The number of rotatable bonds is 9. The van der Waals surface area contributed by atoms with E-state index < -0.39 is 0 Å². The first-order valence-corrected chi connectivity index (χ1v) is 11.3. The second kappa shape index (κ2) is 9.58. The molecule has 1 N–H and O–H groups in total. The largest absolute Gasteiger partial charge is 0.497 e. The van der Waals surface area contributed by atoms with Gasteiger partial charge in [0.15, 0.2) is 0 Å². The van der Waals surface area contributed by atoms with Crippen molar-refractivity contribution >= 4 is 17.7 Å². The van der Waals surface area contributed by atoms with Crippen molar-refractivity contribution in [3.8, 4) is 5.75 Å². The summed E-state index contributed by atoms with van der Waals surface area (Å²) in [6.45, 7) is 2.73. The number of hydrogen-bond acceptors (Lipinski definition) is 7. The number of tetrazole rings is 1. The van der Waals surface area contributed by atoms with Crippen LogP contribution in [0, 0.1) is 0 Å². The number of aromatic nitrogens is 4. The Kier molecular flexibility index (Phi) is 6.66. The van der Waals surface area contributed by atoms with Crippen molar-refractivity contribution in [3.63, 3.8) is 0 Å². The molecule has 1 saturated heterocycles. The van der Waals surface area contributed by atoms with E-state index in [1.54, 1.807) is 7.11 Å². The molecule has 4 rings (SSSR count). The summed E-state index contributed by atoms with van der Waals surface area (Å²) in [6.07, 6.45) is 5.93. The van der Waals surface area contributed by atoms with E-state index in [4.69, 9.17) is 4.74 Å². The smallest absolute Gasteiger partial charge is 0.230 e. The maximum atomic E-state index is 12.5. The maximum Gasteiger partial charge on any atom is 0.230 e. The predicted octanol–water partition coefficient (Wildman–Crippen LogP) is 2.45. The molecule has 0 bridgehead atoms. The van der Waals surface area contributed by atoms with E-state index in [1.165, 1.54) is 36.6 Å². The Morgan fingerprint density at radius 3 is 2.69 bits per heavy atom. The molecule has 1 aromatic heterocycles. The van der Waals surface area contributed by atoms with Crippen LogP contribution in [0.3, 0.4) is 0 Å². The average Bonchev–Trinajstić information content (AvgIpc) is 3.51. The van der Waals surface area contributed by atoms with E-state index in [-0.39, 0.29) is 11.9 Å². The molecule has 1 unspecified atom stereocenters. The van der Waals surface area contributed by atoms with Crippen LogP contribution in [0.5, 0.6) is 5.75 Å². The van der Waals surface area contributed by atoms with Gasteiger partial charge in [-0.25, -0.2) is 4.68 Å². The second-order valence-electron chi connectivity index (χ2n) is 7.62. The van der Waals surface area contributed by atoms with Crippen LogP contribution in [0.25, 0.3) is 0 Å². The van der Waals surface area contributed by atoms with E-state index >= 15 is 0 Å². The Hall–Kier alpha value is -2.13. The zero-order valence-electron chi connectivity index (χ0n) is 16.8. The molecule has 1 aromatic carbocycles. The lowest BCUT2D eigenvalue weighted by atomic mass is 10.0. The lowest BCUT2D eigenvalue weighted by Gasteiger charge is -2.35. The minimum Gasteiger partial charge on any atom is -0.497 e. The first-order chi connectivity index (χ1) is 14.2. The van der Waals surface area contributed by atoms with Gasteiger partial charge in [-0.3, -0.25) is 9.69 Å². The van der Waals surface area contributed by atoms with Crippen LogP contribution < -0.4 is 10.1 Å². The van der Waals surface area contributed by atoms with Crippen LogP contribution in [0.15, 0.2) is 29.4 Å². The molecule has 2 heterocycles. The fourth-order valence-electron chi connectivity index (χ4n) is 3.73. The van der Waals surface area contributed by atoms with Crippen molar-refractivity contribution < 1.29 is 9.53 Å². The van der Waals surface area contributed by atoms with Crippen molar-refractivity contribution in [3.05, 3.63) is 29.8 Å². The number of carbonyl (C=O) groups excluding carboxylic acids is 1. The first-order valence-electron chi connectivity index (χ1n) is 10.3. The molecule has 0 radical (unpaired) electrons. The third-order valence-corrected chi connectivity index (χ3v) is 6.45. The van der Waals surface area contributed by atoms with Gasteiger partial charge < -0.3 is 10.1 Å². The molecule has 2 fully saturated rings. The summed E-state index contributed by atoms with van der Waals surface area (Å²) in [5, 5.41) is 15.7. The Bertz CT molecular complexity index is 802. The predicted molar refractivity (Wildman–Crippen MR) is 111 cm³/mol. The lowest BCUT2D eigenvalue weighted by molar-refractivity contribution is -0.118. The molecule has 1 atom stereocenters. The molecule has 2 aromatic rings. The van der Waals surface area contributed by atoms with Gasteiger partial charge >= 0.3 is 0 Å². The van der Waals surface area contributed by atoms with Crippen molar-refractivity contribution in [2.24, 2.45) is 0 Å². The minimum atomic E-state index is 0.0101. The number of amides is 1. The SMILES string of the molecule is COc1ccc(C(CNC(=O)CSc2nnnn2C2CC2)N2CCCCC2)cc1. The van der Waals surface area contributed by atoms with Gasteiger partial charge in [-0.05, 0) is 66.9 Å². The highest BCUT2D eigenvalue weighted by Gasteiger charge is 2.28. The van der Waals surface area contributed by atoms with Gasteiger partial charge in [-0.15, -0.1) is 5.10 Å². The summed E-state index contributed by atoms with van der Waals surface area (Å²) in [5.74, 6) is 1.18. The zero-order valence-corrected chi connectivity index (χ0v) is 17.6. The molecule has 1 saturated carbocycles. The first kappa shape index (κ1) is 20.2. The van der Waals surface area contributed by atoms with E-state index in [1.807, 2.05) is 16.8 Å². The molecular weight excluding hydrogens is 388 g/mol. The third-order valence-electron chi connectivity index (χ3n) is 5.51. The monoisotopic (exact) mass is 416 g/mol. The molecule has 156 valence electrons. The summed E-state index contributed by atoms with van der Waals surface area (Å²) < 4.78 is 7.13. The van der Waals surface area contributed by atoms with E-state index in [9.17, 15) is 4.79 Å². The number of nitrogens with one attached hydrogen (secondary N) is 1. The second-order valence-corrected chi connectivity index (χ2v) is 8.56. The number of nitrogens with zero attached hydrogens (tertiary/aromatic N) is 5. The van der Waals surface area contributed by atoms with Crippen LogP contribution in [0.2, 0.25) is 0 Å². The van der Waals surface area contributed by atoms with Crippen LogP contribution >= 0.6 is 11.8 Å². The Balaban J connectivity index is 1.34. The highest BCUT2D eigenvalue weighted by Crippen LogP contribution is 2.36. The number of thioether (sulfide) groups is 1. The molecule has 1 aliphatic heterocycles. The number of likely N-dealkylation sites (tertiary alicyclic amines) is 1. The summed E-state index contributed by atoms with van der Waals surface area (Å²) in [4.78, 5) is 15.0. The molecule has 0 spiro atoms. The summed E-state index contributed by atoms with van der Waals surface area (Å²) in [6, 6.07) is 8.76. The van der Waals surface area contributed by atoms with Gasteiger partial charge in [0.05, 0.1) is 24.9 Å². The van der Waals surface area contributed by atoms with Gasteiger partial charge in [0, 0.05) is 6.54 Å². The Labute approximate surface area is 175 Å². The Morgan fingerprint density at radius 1 is 1.24 bits per heavy atom. The highest BCUT2D eigenvalue weighted by molar-refractivity contribution is 7.99. The highest BCUT2D eigenvalue weighted by atomic mass is 32.2. The average molecular weight is 417 g/mol. The maximum absolute atomic E-state index is 12.5. The molecule has 1 aliphatic carbocycles. The topological polar surface area (TPSA) is 85.2 Å². The van der Waals surface area contributed by atoms with E-state index in [2.05, 4.69) is 37.9 Å². The molecule has 29 heavy (non-hydrogen) atoms. The van der Waals surface area contributed by atoms with Crippen molar-refractivity contribution in [2.45, 2.75) is 49.3 Å². The fourth-order valence-corrected chi connectivity index (χ4v) is 4.51. The molecule has 8 nitrogen and oxygen atoms in total. The number of ether oxygens (including phenoxy) is 1. The van der Waals surface area contributed by atoms with Gasteiger partial charge in [-0.1, -0.05) is 30.3 Å². The zero-order chi connectivity index (χ0) is 20.1. The Morgan fingerprint density at radius 2 is 2.00 bits per heavy atom. The van der Waals surface area contributed by atoms with Crippen LogP contribution in [-0.2, 0) is 4.79 Å².